The lowest BCUT2D eigenvalue weighted by atomic mass is 10.2. The first-order valence-electron chi connectivity index (χ1n) is 6.26. The average Bonchev–Trinajstić information content (AvgIpc) is 2.85. The van der Waals surface area contributed by atoms with Crippen LogP contribution in [0.4, 0.5) is 0 Å². The van der Waals surface area contributed by atoms with Crippen LogP contribution >= 0.6 is 11.3 Å². The zero-order valence-electron chi connectivity index (χ0n) is 11.3. The summed E-state index contributed by atoms with van der Waals surface area (Å²) >= 11 is 1.68. The normalized spacial score (nSPS) is 10.9. The van der Waals surface area contributed by atoms with Crippen LogP contribution < -0.4 is 10.3 Å². The minimum absolute atomic E-state index is 0.0929. The molecule has 0 aliphatic carbocycles. The van der Waals surface area contributed by atoms with Crippen molar-refractivity contribution >= 4 is 21.4 Å². The van der Waals surface area contributed by atoms with E-state index >= 15 is 0 Å². The fourth-order valence-corrected chi connectivity index (χ4v) is 3.18. The lowest BCUT2D eigenvalue weighted by Crippen LogP contribution is -2.23. The number of methoxy groups -OCH3 is 1. The summed E-state index contributed by atoms with van der Waals surface area (Å²) in [5, 5.41) is 3.25. The Morgan fingerprint density at radius 2 is 2.15 bits per heavy atom. The molecule has 1 aromatic carbocycles. The largest absolute Gasteiger partial charge is 0.468 e. The van der Waals surface area contributed by atoms with Crippen molar-refractivity contribution in [2.75, 3.05) is 7.11 Å². The Bertz CT molecular complexity index is 820. The fraction of sp³-hybridized carbons (Fsp3) is 0.200. The molecule has 5 heteroatoms. The predicted molar refractivity (Wildman–Crippen MR) is 80.7 cm³/mol. The van der Waals surface area contributed by atoms with Crippen molar-refractivity contribution in [1.29, 1.82) is 0 Å². The Hall–Kier alpha value is -2.14. The molecule has 0 radical (unpaired) electrons. The van der Waals surface area contributed by atoms with Gasteiger partial charge in [0.2, 0.25) is 0 Å². The summed E-state index contributed by atoms with van der Waals surface area (Å²) in [4.78, 5) is 16.4. The molecule has 0 fully saturated rings. The van der Waals surface area contributed by atoms with Gasteiger partial charge in [0.1, 0.15) is 0 Å². The van der Waals surface area contributed by atoms with Crippen molar-refractivity contribution in [3.05, 3.63) is 57.3 Å². The highest BCUT2D eigenvalue weighted by Gasteiger charge is 2.10. The second kappa shape index (κ2) is 5.09. The first-order valence-corrected chi connectivity index (χ1v) is 7.14. The quantitative estimate of drug-likeness (QED) is 0.743. The smallest absolute Gasteiger partial charge is 0.299 e. The van der Waals surface area contributed by atoms with E-state index in [-0.39, 0.29) is 5.56 Å². The minimum atomic E-state index is -0.0929. The molecule has 102 valence electrons. The SMILES string of the molecule is COc1nc(C)cc(=O)n1Cc1csc2ccccc12. The van der Waals surface area contributed by atoms with Crippen molar-refractivity contribution < 1.29 is 4.74 Å². The third-order valence-corrected chi connectivity index (χ3v) is 4.19. The number of aryl methyl sites for hydroxylation is 1. The molecule has 0 aliphatic rings. The molecular weight excluding hydrogens is 272 g/mol. The van der Waals surface area contributed by atoms with E-state index in [9.17, 15) is 4.79 Å². The van der Waals surface area contributed by atoms with Gasteiger partial charge in [0, 0.05) is 16.5 Å². The van der Waals surface area contributed by atoms with Gasteiger partial charge in [0.05, 0.1) is 13.7 Å². The standard InChI is InChI=1S/C15H14N2O2S/c1-10-7-14(18)17(15(16-10)19-2)8-11-9-20-13-6-4-3-5-12(11)13/h3-7,9H,8H2,1-2H3. The molecule has 3 rings (SSSR count). The molecule has 0 bridgehead atoms. The average molecular weight is 286 g/mol. The number of benzene rings is 1. The molecule has 0 aliphatic heterocycles. The second-order valence-corrected chi connectivity index (χ2v) is 5.48. The summed E-state index contributed by atoms with van der Waals surface area (Å²) in [6, 6.07) is 10.0. The number of nitrogens with zero attached hydrogens (tertiary/aromatic N) is 2. The first kappa shape index (κ1) is 12.9. The van der Waals surface area contributed by atoms with Gasteiger partial charge in [-0.3, -0.25) is 9.36 Å². The maximum Gasteiger partial charge on any atom is 0.299 e. The molecule has 0 saturated carbocycles. The first-order chi connectivity index (χ1) is 9.69. The predicted octanol–water partition coefficient (Wildman–Crippen LogP) is 2.82. The van der Waals surface area contributed by atoms with Crippen LogP contribution in [0.1, 0.15) is 11.3 Å². The van der Waals surface area contributed by atoms with Gasteiger partial charge in [-0.05, 0) is 29.3 Å². The highest BCUT2D eigenvalue weighted by atomic mass is 32.1. The molecule has 0 atom stereocenters. The van der Waals surface area contributed by atoms with Gasteiger partial charge < -0.3 is 4.74 Å². The molecule has 2 heterocycles. The van der Waals surface area contributed by atoms with Crippen LogP contribution in [0.15, 0.2) is 40.5 Å². The van der Waals surface area contributed by atoms with E-state index in [1.54, 1.807) is 22.8 Å². The number of rotatable bonds is 3. The van der Waals surface area contributed by atoms with Gasteiger partial charge in [-0.15, -0.1) is 11.3 Å². The van der Waals surface area contributed by atoms with E-state index in [0.717, 1.165) is 5.56 Å². The molecule has 0 saturated heterocycles. The summed E-state index contributed by atoms with van der Waals surface area (Å²) in [5.74, 6) is 0. The molecule has 20 heavy (non-hydrogen) atoms. The van der Waals surface area contributed by atoms with Crippen molar-refractivity contribution in [1.82, 2.24) is 9.55 Å². The number of hydrogen-bond donors (Lipinski definition) is 0. The maximum absolute atomic E-state index is 12.1. The zero-order chi connectivity index (χ0) is 14.1. The van der Waals surface area contributed by atoms with E-state index in [1.165, 1.54) is 23.3 Å². The highest BCUT2D eigenvalue weighted by molar-refractivity contribution is 7.17. The fourth-order valence-electron chi connectivity index (χ4n) is 2.22. The molecule has 4 nitrogen and oxygen atoms in total. The van der Waals surface area contributed by atoms with E-state index < -0.39 is 0 Å². The molecule has 0 unspecified atom stereocenters. The summed E-state index contributed by atoms with van der Waals surface area (Å²) < 4.78 is 8.00. The Kier molecular flexibility index (Phi) is 3.28. The zero-order valence-corrected chi connectivity index (χ0v) is 12.1. The second-order valence-electron chi connectivity index (χ2n) is 4.57. The van der Waals surface area contributed by atoms with E-state index in [4.69, 9.17) is 4.74 Å². The number of thiophene rings is 1. The third-order valence-electron chi connectivity index (χ3n) is 3.17. The summed E-state index contributed by atoms with van der Waals surface area (Å²) in [6.45, 7) is 2.26. The number of aromatic nitrogens is 2. The highest BCUT2D eigenvalue weighted by Crippen LogP contribution is 2.26. The molecule has 2 aromatic heterocycles. The topological polar surface area (TPSA) is 44.1 Å². The van der Waals surface area contributed by atoms with E-state index in [0.29, 0.717) is 18.2 Å². The number of fused-ring (bicyclic) bond motifs is 1. The van der Waals surface area contributed by atoms with Gasteiger partial charge >= 0.3 is 0 Å². The Morgan fingerprint density at radius 3 is 2.95 bits per heavy atom. The van der Waals surface area contributed by atoms with Gasteiger partial charge in [0.25, 0.3) is 11.6 Å². The van der Waals surface area contributed by atoms with Crippen LogP contribution in [-0.4, -0.2) is 16.7 Å². The van der Waals surface area contributed by atoms with Crippen LogP contribution in [0, 0.1) is 6.92 Å². The molecule has 0 amide bonds. The van der Waals surface area contributed by atoms with Crippen molar-refractivity contribution in [2.45, 2.75) is 13.5 Å². The summed E-state index contributed by atoms with van der Waals surface area (Å²) in [6.07, 6.45) is 0. The summed E-state index contributed by atoms with van der Waals surface area (Å²) in [7, 11) is 1.53. The van der Waals surface area contributed by atoms with Crippen LogP contribution in [0.2, 0.25) is 0 Å². The van der Waals surface area contributed by atoms with Crippen molar-refractivity contribution in [3.8, 4) is 6.01 Å². The maximum atomic E-state index is 12.1. The van der Waals surface area contributed by atoms with Crippen molar-refractivity contribution in [2.24, 2.45) is 0 Å². The number of hydrogen-bond acceptors (Lipinski definition) is 4. The lowest BCUT2D eigenvalue weighted by molar-refractivity contribution is 0.350. The van der Waals surface area contributed by atoms with Crippen molar-refractivity contribution in [3.63, 3.8) is 0 Å². The van der Waals surface area contributed by atoms with E-state index in [2.05, 4.69) is 22.5 Å². The summed E-state index contributed by atoms with van der Waals surface area (Å²) in [5.41, 5.74) is 1.68. The lowest BCUT2D eigenvalue weighted by Gasteiger charge is -2.10. The van der Waals surface area contributed by atoms with Gasteiger partial charge in [0.15, 0.2) is 0 Å². The Labute approximate surface area is 120 Å². The Balaban J connectivity index is 2.10. The minimum Gasteiger partial charge on any atom is -0.468 e. The molecule has 0 N–H and O–H groups in total. The molecular formula is C15H14N2O2S. The van der Waals surface area contributed by atoms with Gasteiger partial charge in [-0.25, -0.2) is 4.98 Å². The van der Waals surface area contributed by atoms with Gasteiger partial charge in [-0.1, -0.05) is 18.2 Å². The third kappa shape index (κ3) is 2.20. The Morgan fingerprint density at radius 1 is 1.35 bits per heavy atom. The van der Waals surface area contributed by atoms with Crippen LogP contribution in [0.3, 0.4) is 0 Å². The number of ether oxygens (including phenoxy) is 1. The van der Waals surface area contributed by atoms with Crippen LogP contribution in [0.25, 0.3) is 10.1 Å². The van der Waals surface area contributed by atoms with Crippen LogP contribution in [0.5, 0.6) is 6.01 Å². The van der Waals surface area contributed by atoms with Crippen LogP contribution in [-0.2, 0) is 6.54 Å². The molecule has 0 spiro atoms. The molecule has 3 aromatic rings. The van der Waals surface area contributed by atoms with Gasteiger partial charge in [-0.2, -0.15) is 0 Å². The monoisotopic (exact) mass is 286 g/mol. The van der Waals surface area contributed by atoms with E-state index in [1.807, 2.05) is 12.1 Å².